The summed E-state index contributed by atoms with van der Waals surface area (Å²) in [5.74, 6) is 1.63. The molecule has 0 N–H and O–H groups in total. The first-order valence-corrected chi connectivity index (χ1v) is 8.44. The van der Waals surface area contributed by atoms with Crippen molar-refractivity contribution in [3.05, 3.63) is 66.2 Å². The molecule has 2 unspecified atom stereocenters. The zero-order chi connectivity index (χ0) is 15.2. The number of nitrogens with zero attached hydrogens (tertiary/aromatic N) is 1. The summed E-state index contributed by atoms with van der Waals surface area (Å²) >= 11 is 6.17. The van der Waals surface area contributed by atoms with Gasteiger partial charge in [0.25, 0.3) is 0 Å². The van der Waals surface area contributed by atoms with Gasteiger partial charge >= 0.3 is 0 Å². The molecule has 23 heavy (non-hydrogen) atoms. The van der Waals surface area contributed by atoms with Crippen LogP contribution in [0.2, 0.25) is 0 Å². The Morgan fingerprint density at radius 3 is 2.17 bits per heavy atom. The van der Waals surface area contributed by atoms with Crippen LogP contribution >= 0.6 is 24.0 Å². The van der Waals surface area contributed by atoms with Crippen molar-refractivity contribution >= 4 is 24.0 Å². The first-order valence-electron chi connectivity index (χ1n) is 7.90. The van der Waals surface area contributed by atoms with E-state index >= 15 is 0 Å². The van der Waals surface area contributed by atoms with Gasteiger partial charge in [0.05, 0.1) is 0 Å². The molecular weight excluding hydrogens is 329 g/mol. The molecule has 0 bridgehead atoms. The Bertz CT molecular complexity index is 564. The molecule has 2 nitrogen and oxygen atoms in total. The molecule has 0 radical (unpaired) electrons. The molecule has 1 aliphatic rings. The largest absolute Gasteiger partial charge is 0.492 e. The molecule has 4 heteroatoms. The summed E-state index contributed by atoms with van der Waals surface area (Å²) in [4.78, 5) is 2.51. The zero-order valence-corrected chi connectivity index (χ0v) is 14.7. The second-order valence-electron chi connectivity index (χ2n) is 5.82. The van der Waals surface area contributed by atoms with Crippen molar-refractivity contribution in [2.24, 2.45) is 0 Å². The molecule has 1 saturated heterocycles. The van der Waals surface area contributed by atoms with Gasteiger partial charge in [0.1, 0.15) is 12.4 Å². The van der Waals surface area contributed by atoms with E-state index in [1.54, 1.807) is 0 Å². The van der Waals surface area contributed by atoms with Gasteiger partial charge in [0.2, 0.25) is 0 Å². The molecular formula is C19H23Cl2NO. The Balaban J connectivity index is 0.00000192. The maximum absolute atomic E-state index is 6.17. The molecule has 0 spiro atoms. The summed E-state index contributed by atoms with van der Waals surface area (Å²) in [6.07, 6.45) is 2.30. The number of hydrogen-bond donors (Lipinski definition) is 0. The van der Waals surface area contributed by atoms with E-state index in [4.69, 9.17) is 16.3 Å². The smallest absolute Gasteiger partial charge is 0.119 e. The maximum atomic E-state index is 6.17. The Morgan fingerprint density at radius 2 is 1.52 bits per heavy atom. The summed E-state index contributed by atoms with van der Waals surface area (Å²) in [5.41, 5.74) is 1.34. The van der Waals surface area contributed by atoms with Crippen LogP contribution in [0.25, 0.3) is 0 Å². The second kappa shape index (κ2) is 9.17. The number of alkyl halides is 1. The number of para-hydroxylation sites is 1. The molecule has 0 saturated carbocycles. The molecule has 0 amide bonds. The summed E-state index contributed by atoms with van der Waals surface area (Å²) in [6, 6.07) is 21.5. The molecule has 2 aromatic carbocycles. The molecule has 2 aromatic rings. The Morgan fingerprint density at radius 1 is 0.913 bits per heavy atom. The second-order valence-corrected chi connectivity index (χ2v) is 6.13. The standard InChI is InChI=1S/C19H22ClNO.ClH/c20-13-17-11-12-18(15-22-19-9-5-2-6-10-19)21(17)14-16-7-3-1-4-8-16;/h1-10,17-18H,11-15H2;1H. The van der Waals surface area contributed by atoms with Crippen LogP contribution in [0.1, 0.15) is 18.4 Å². The van der Waals surface area contributed by atoms with Crippen LogP contribution in [0.3, 0.4) is 0 Å². The molecule has 1 aliphatic heterocycles. The minimum absolute atomic E-state index is 0. The molecule has 124 valence electrons. The van der Waals surface area contributed by atoms with Gasteiger partial charge in [-0.3, -0.25) is 4.90 Å². The fraction of sp³-hybridized carbons (Fsp3) is 0.368. The van der Waals surface area contributed by atoms with Crippen LogP contribution in [0.5, 0.6) is 5.75 Å². The minimum atomic E-state index is 0. The lowest BCUT2D eigenvalue weighted by Crippen LogP contribution is -2.39. The highest BCUT2D eigenvalue weighted by Crippen LogP contribution is 2.27. The first-order chi connectivity index (χ1) is 10.9. The number of likely N-dealkylation sites (tertiary alicyclic amines) is 1. The lowest BCUT2D eigenvalue weighted by atomic mass is 10.2. The van der Waals surface area contributed by atoms with Crippen LogP contribution in [0.15, 0.2) is 60.7 Å². The van der Waals surface area contributed by atoms with Gasteiger partial charge in [-0.05, 0) is 30.5 Å². The predicted molar refractivity (Wildman–Crippen MR) is 98.7 cm³/mol. The fourth-order valence-corrected chi connectivity index (χ4v) is 3.45. The van der Waals surface area contributed by atoms with Gasteiger partial charge in [-0.15, -0.1) is 24.0 Å². The molecule has 0 aliphatic carbocycles. The van der Waals surface area contributed by atoms with Gasteiger partial charge in [-0.1, -0.05) is 48.5 Å². The average molecular weight is 352 g/mol. The predicted octanol–water partition coefficient (Wildman–Crippen LogP) is 4.76. The average Bonchev–Trinajstić information content (AvgIpc) is 2.97. The zero-order valence-electron chi connectivity index (χ0n) is 13.1. The van der Waals surface area contributed by atoms with Crippen molar-refractivity contribution in [2.75, 3.05) is 12.5 Å². The fourth-order valence-electron chi connectivity index (χ4n) is 3.12. The van der Waals surface area contributed by atoms with Crippen LogP contribution in [0.4, 0.5) is 0 Å². The first kappa shape index (κ1) is 18.1. The van der Waals surface area contributed by atoms with E-state index in [-0.39, 0.29) is 12.4 Å². The lowest BCUT2D eigenvalue weighted by Gasteiger charge is -2.29. The third-order valence-corrected chi connectivity index (χ3v) is 4.70. The Kier molecular flexibility index (Phi) is 7.22. The topological polar surface area (TPSA) is 12.5 Å². The number of hydrogen-bond acceptors (Lipinski definition) is 2. The highest BCUT2D eigenvalue weighted by Gasteiger charge is 2.33. The van der Waals surface area contributed by atoms with Gasteiger partial charge in [0, 0.05) is 24.5 Å². The van der Waals surface area contributed by atoms with E-state index in [1.807, 2.05) is 30.3 Å². The van der Waals surface area contributed by atoms with E-state index < -0.39 is 0 Å². The quantitative estimate of drug-likeness (QED) is 0.695. The van der Waals surface area contributed by atoms with Gasteiger partial charge in [0.15, 0.2) is 0 Å². The number of rotatable bonds is 6. The van der Waals surface area contributed by atoms with E-state index in [0.29, 0.717) is 18.0 Å². The molecule has 1 heterocycles. The highest BCUT2D eigenvalue weighted by molar-refractivity contribution is 6.18. The SMILES string of the molecule is Cl.ClCC1CCC(COc2ccccc2)N1Cc1ccccc1. The summed E-state index contributed by atoms with van der Waals surface area (Å²) in [6.45, 7) is 1.67. The monoisotopic (exact) mass is 351 g/mol. The molecule has 2 atom stereocenters. The number of ether oxygens (including phenoxy) is 1. The van der Waals surface area contributed by atoms with Gasteiger partial charge in [-0.2, -0.15) is 0 Å². The maximum Gasteiger partial charge on any atom is 0.119 e. The summed E-state index contributed by atoms with van der Waals surface area (Å²) in [5, 5.41) is 0. The van der Waals surface area contributed by atoms with Crippen molar-refractivity contribution in [1.82, 2.24) is 4.90 Å². The summed E-state index contributed by atoms with van der Waals surface area (Å²) in [7, 11) is 0. The normalized spacial score (nSPS) is 20.9. The molecule has 0 aromatic heterocycles. The van der Waals surface area contributed by atoms with E-state index in [2.05, 4.69) is 35.2 Å². The lowest BCUT2D eigenvalue weighted by molar-refractivity contribution is 0.140. The van der Waals surface area contributed by atoms with Crippen molar-refractivity contribution in [3.8, 4) is 5.75 Å². The van der Waals surface area contributed by atoms with Crippen LogP contribution in [0, 0.1) is 0 Å². The van der Waals surface area contributed by atoms with E-state index in [9.17, 15) is 0 Å². The van der Waals surface area contributed by atoms with Crippen molar-refractivity contribution in [1.29, 1.82) is 0 Å². The summed E-state index contributed by atoms with van der Waals surface area (Å²) < 4.78 is 5.97. The van der Waals surface area contributed by atoms with Crippen LogP contribution in [-0.2, 0) is 6.54 Å². The van der Waals surface area contributed by atoms with Crippen LogP contribution in [-0.4, -0.2) is 29.5 Å². The van der Waals surface area contributed by atoms with E-state index in [0.717, 1.165) is 31.7 Å². The van der Waals surface area contributed by atoms with E-state index in [1.165, 1.54) is 5.56 Å². The highest BCUT2D eigenvalue weighted by atomic mass is 35.5. The number of benzene rings is 2. The molecule has 3 rings (SSSR count). The van der Waals surface area contributed by atoms with Crippen molar-refractivity contribution in [3.63, 3.8) is 0 Å². The Labute approximate surface area is 149 Å². The third kappa shape index (κ3) is 4.87. The number of halogens is 2. The van der Waals surface area contributed by atoms with Crippen molar-refractivity contribution in [2.45, 2.75) is 31.5 Å². The van der Waals surface area contributed by atoms with Crippen LogP contribution < -0.4 is 4.74 Å². The third-order valence-electron chi connectivity index (χ3n) is 4.34. The Hall–Kier alpha value is -1.22. The van der Waals surface area contributed by atoms with Gasteiger partial charge in [-0.25, -0.2) is 0 Å². The van der Waals surface area contributed by atoms with Gasteiger partial charge < -0.3 is 4.74 Å². The van der Waals surface area contributed by atoms with Crippen molar-refractivity contribution < 1.29 is 4.74 Å². The molecule has 1 fully saturated rings. The minimum Gasteiger partial charge on any atom is -0.492 e.